The molecule has 2 aliphatic carbocycles. The molecule has 3 heteroatoms. The summed E-state index contributed by atoms with van der Waals surface area (Å²) in [5, 5.41) is 3.53. The van der Waals surface area contributed by atoms with Crippen LogP contribution in [0.1, 0.15) is 51.4 Å². The molecule has 2 rings (SSSR count). The predicted octanol–water partition coefficient (Wildman–Crippen LogP) is 1.81. The molecule has 16 heavy (non-hydrogen) atoms. The first kappa shape index (κ1) is 12.3. The molecular weight excluding hydrogens is 200 g/mol. The standard InChI is InChI=1S/C13H26N2O/c14-11-9-12(10-11)15-7-4-8-16-13-5-2-1-3-6-13/h11-13,15H,1-10,14H2. The van der Waals surface area contributed by atoms with Crippen LogP contribution in [0.15, 0.2) is 0 Å². The topological polar surface area (TPSA) is 47.3 Å². The van der Waals surface area contributed by atoms with Crippen molar-refractivity contribution in [2.75, 3.05) is 13.2 Å². The first-order valence-electron chi connectivity index (χ1n) is 6.95. The maximum Gasteiger partial charge on any atom is 0.0575 e. The number of nitrogens with two attached hydrogens (primary N) is 1. The molecule has 0 atom stereocenters. The average molecular weight is 226 g/mol. The maximum absolute atomic E-state index is 5.87. The molecule has 2 saturated carbocycles. The van der Waals surface area contributed by atoms with E-state index in [1.54, 1.807) is 0 Å². The van der Waals surface area contributed by atoms with Crippen molar-refractivity contribution < 1.29 is 4.74 Å². The van der Waals surface area contributed by atoms with E-state index in [2.05, 4.69) is 5.32 Å². The predicted molar refractivity (Wildman–Crippen MR) is 66.4 cm³/mol. The van der Waals surface area contributed by atoms with Crippen molar-refractivity contribution in [1.82, 2.24) is 5.32 Å². The lowest BCUT2D eigenvalue weighted by Gasteiger charge is -2.33. The van der Waals surface area contributed by atoms with Gasteiger partial charge in [-0.15, -0.1) is 0 Å². The van der Waals surface area contributed by atoms with E-state index in [1.807, 2.05) is 0 Å². The second-order valence-electron chi connectivity index (χ2n) is 5.37. The van der Waals surface area contributed by atoms with Gasteiger partial charge in [0.1, 0.15) is 0 Å². The van der Waals surface area contributed by atoms with Crippen LogP contribution in [0.4, 0.5) is 0 Å². The van der Waals surface area contributed by atoms with Gasteiger partial charge >= 0.3 is 0 Å². The summed E-state index contributed by atoms with van der Waals surface area (Å²) in [6.07, 6.45) is 10.7. The van der Waals surface area contributed by atoms with Crippen LogP contribution in [0.5, 0.6) is 0 Å². The summed E-state index contributed by atoms with van der Waals surface area (Å²) in [6, 6.07) is 1.14. The summed E-state index contributed by atoms with van der Waals surface area (Å²) in [4.78, 5) is 0. The molecule has 0 unspecified atom stereocenters. The molecule has 3 nitrogen and oxygen atoms in total. The van der Waals surface area contributed by atoms with Gasteiger partial charge in [-0.25, -0.2) is 0 Å². The largest absolute Gasteiger partial charge is 0.378 e. The second-order valence-corrected chi connectivity index (χ2v) is 5.37. The van der Waals surface area contributed by atoms with E-state index in [0.29, 0.717) is 18.2 Å². The van der Waals surface area contributed by atoms with Gasteiger partial charge in [0.15, 0.2) is 0 Å². The van der Waals surface area contributed by atoms with Crippen LogP contribution < -0.4 is 11.1 Å². The highest BCUT2D eigenvalue weighted by molar-refractivity contribution is 4.87. The first-order chi connectivity index (χ1) is 7.84. The number of nitrogens with one attached hydrogen (secondary N) is 1. The third-order valence-corrected chi connectivity index (χ3v) is 3.83. The minimum Gasteiger partial charge on any atom is -0.378 e. The van der Waals surface area contributed by atoms with Crippen molar-refractivity contribution in [3.63, 3.8) is 0 Å². The Bertz CT molecular complexity index is 186. The fraction of sp³-hybridized carbons (Fsp3) is 1.00. The van der Waals surface area contributed by atoms with Crippen molar-refractivity contribution in [2.24, 2.45) is 5.73 Å². The van der Waals surface area contributed by atoms with Crippen molar-refractivity contribution in [1.29, 1.82) is 0 Å². The zero-order valence-electron chi connectivity index (χ0n) is 10.3. The lowest BCUT2D eigenvalue weighted by Crippen LogP contribution is -2.48. The van der Waals surface area contributed by atoms with E-state index in [-0.39, 0.29) is 0 Å². The van der Waals surface area contributed by atoms with Gasteiger partial charge in [0.2, 0.25) is 0 Å². The number of ether oxygens (including phenoxy) is 1. The van der Waals surface area contributed by atoms with Gasteiger partial charge in [0.05, 0.1) is 6.10 Å². The lowest BCUT2D eigenvalue weighted by molar-refractivity contribution is 0.0268. The van der Waals surface area contributed by atoms with Crippen LogP contribution in [0, 0.1) is 0 Å². The number of hydrogen-bond acceptors (Lipinski definition) is 3. The van der Waals surface area contributed by atoms with Crippen LogP contribution in [-0.4, -0.2) is 31.3 Å². The minimum atomic E-state index is 0.455. The first-order valence-corrected chi connectivity index (χ1v) is 6.95. The molecule has 2 aliphatic rings. The molecule has 0 radical (unpaired) electrons. The highest BCUT2D eigenvalue weighted by atomic mass is 16.5. The average Bonchev–Trinajstić information content (AvgIpc) is 2.27. The third-order valence-electron chi connectivity index (χ3n) is 3.83. The fourth-order valence-corrected chi connectivity index (χ4v) is 2.69. The molecule has 0 amide bonds. The SMILES string of the molecule is NC1CC(NCCCOC2CCCCC2)C1. The summed E-state index contributed by atoms with van der Waals surface area (Å²) in [6.45, 7) is 2.01. The molecule has 94 valence electrons. The zero-order chi connectivity index (χ0) is 11.2. The minimum absolute atomic E-state index is 0.455. The molecule has 0 aliphatic heterocycles. The van der Waals surface area contributed by atoms with E-state index in [0.717, 1.165) is 32.4 Å². The monoisotopic (exact) mass is 226 g/mol. The molecule has 3 N–H and O–H groups in total. The quantitative estimate of drug-likeness (QED) is 0.679. The van der Waals surface area contributed by atoms with Gasteiger partial charge in [-0.2, -0.15) is 0 Å². The Balaban J connectivity index is 1.40. The highest BCUT2D eigenvalue weighted by Gasteiger charge is 2.24. The Hall–Kier alpha value is -0.120. The molecule has 2 fully saturated rings. The second kappa shape index (κ2) is 6.58. The zero-order valence-corrected chi connectivity index (χ0v) is 10.3. The summed E-state index contributed by atoms with van der Waals surface area (Å²) in [5.41, 5.74) is 5.73. The smallest absolute Gasteiger partial charge is 0.0575 e. The summed E-state index contributed by atoms with van der Waals surface area (Å²) < 4.78 is 5.87. The van der Waals surface area contributed by atoms with Crippen LogP contribution in [0.3, 0.4) is 0 Å². The lowest BCUT2D eigenvalue weighted by atomic mass is 9.88. The van der Waals surface area contributed by atoms with Crippen LogP contribution >= 0.6 is 0 Å². The van der Waals surface area contributed by atoms with Gasteiger partial charge < -0.3 is 15.8 Å². The molecule has 0 heterocycles. The maximum atomic E-state index is 5.87. The summed E-state index contributed by atoms with van der Waals surface area (Å²) >= 11 is 0. The van der Waals surface area contributed by atoms with E-state index >= 15 is 0 Å². The molecular formula is C13H26N2O. The van der Waals surface area contributed by atoms with Gasteiger partial charge in [0.25, 0.3) is 0 Å². The third kappa shape index (κ3) is 4.04. The van der Waals surface area contributed by atoms with Crippen molar-refractivity contribution in [3.8, 4) is 0 Å². The van der Waals surface area contributed by atoms with Crippen molar-refractivity contribution in [2.45, 2.75) is 69.6 Å². The van der Waals surface area contributed by atoms with Gasteiger partial charge in [-0.3, -0.25) is 0 Å². The molecule has 0 aromatic rings. The van der Waals surface area contributed by atoms with Crippen LogP contribution in [0.25, 0.3) is 0 Å². The van der Waals surface area contributed by atoms with E-state index in [9.17, 15) is 0 Å². The fourth-order valence-electron chi connectivity index (χ4n) is 2.69. The Morgan fingerprint density at radius 1 is 1.12 bits per heavy atom. The molecule has 0 spiro atoms. The molecule has 0 bridgehead atoms. The van der Waals surface area contributed by atoms with Crippen LogP contribution in [-0.2, 0) is 4.74 Å². The normalized spacial score (nSPS) is 31.3. The van der Waals surface area contributed by atoms with E-state index < -0.39 is 0 Å². The Labute approximate surface area is 99.1 Å². The van der Waals surface area contributed by atoms with Crippen molar-refractivity contribution in [3.05, 3.63) is 0 Å². The Kier molecular flexibility index (Phi) is 5.07. The van der Waals surface area contributed by atoms with Crippen LogP contribution in [0.2, 0.25) is 0 Å². The van der Waals surface area contributed by atoms with Gasteiger partial charge in [0, 0.05) is 18.7 Å². The molecule has 0 aromatic carbocycles. The Morgan fingerprint density at radius 2 is 1.88 bits per heavy atom. The summed E-state index contributed by atoms with van der Waals surface area (Å²) in [7, 11) is 0. The van der Waals surface area contributed by atoms with E-state index in [4.69, 9.17) is 10.5 Å². The van der Waals surface area contributed by atoms with Crippen molar-refractivity contribution >= 4 is 0 Å². The molecule has 0 aromatic heterocycles. The number of rotatable bonds is 6. The Morgan fingerprint density at radius 3 is 2.56 bits per heavy atom. The number of hydrogen-bond donors (Lipinski definition) is 2. The summed E-state index contributed by atoms with van der Waals surface area (Å²) in [5.74, 6) is 0. The molecule has 0 saturated heterocycles. The van der Waals surface area contributed by atoms with Gasteiger partial charge in [-0.1, -0.05) is 19.3 Å². The highest BCUT2D eigenvalue weighted by Crippen LogP contribution is 2.20. The van der Waals surface area contributed by atoms with E-state index in [1.165, 1.54) is 32.1 Å². The van der Waals surface area contributed by atoms with Gasteiger partial charge in [-0.05, 0) is 38.6 Å².